The molecule has 1 aromatic carbocycles. The predicted molar refractivity (Wildman–Crippen MR) is 71.5 cm³/mol. The van der Waals surface area contributed by atoms with Crippen LogP contribution in [0.4, 0.5) is 4.39 Å². The number of benzene rings is 1. The molecule has 2 rings (SSSR count). The molecule has 8 heteroatoms. The van der Waals surface area contributed by atoms with Crippen LogP contribution in [0.15, 0.2) is 18.2 Å². The molecule has 2 N–H and O–H groups in total. The van der Waals surface area contributed by atoms with Crippen LogP contribution in [0.2, 0.25) is 5.02 Å². The number of hydrogen-bond acceptors (Lipinski definition) is 3. The molecule has 0 spiro atoms. The molecule has 1 aliphatic rings. The van der Waals surface area contributed by atoms with Gasteiger partial charge in [0.2, 0.25) is 5.91 Å². The highest BCUT2D eigenvalue weighted by Crippen LogP contribution is 2.23. The molecule has 0 aliphatic carbocycles. The molecule has 1 aromatic rings. The van der Waals surface area contributed by atoms with Crippen molar-refractivity contribution in [2.24, 2.45) is 0 Å². The average molecular weight is 315 g/mol. The number of halogens is 2. The number of piperazine rings is 1. The zero-order valence-electron chi connectivity index (χ0n) is 10.8. The second-order valence-electron chi connectivity index (χ2n) is 4.50. The van der Waals surface area contributed by atoms with Gasteiger partial charge in [0.05, 0.1) is 17.0 Å². The third-order valence-corrected chi connectivity index (χ3v) is 3.45. The van der Waals surface area contributed by atoms with Gasteiger partial charge in [0.15, 0.2) is 0 Å². The lowest BCUT2D eigenvalue weighted by atomic mass is 10.1. The smallest absolute Gasteiger partial charge is 0.305 e. The van der Waals surface area contributed by atoms with Gasteiger partial charge in [-0.25, -0.2) is 4.39 Å². The summed E-state index contributed by atoms with van der Waals surface area (Å²) in [4.78, 5) is 36.0. The molecule has 1 atom stereocenters. The van der Waals surface area contributed by atoms with Gasteiger partial charge in [-0.3, -0.25) is 14.4 Å². The third-order valence-electron chi connectivity index (χ3n) is 3.14. The molecule has 1 unspecified atom stereocenters. The maximum absolute atomic E-state index is 13.8. The SMILES string of the molecule is O=C(O)CC1C(=O)NCCN1C(=O)c1c(F)cccc1Cl. The van der Waals surface area contributed by atoms with Crippen molar-refractivity contribution in [3.05, 3.63) is 34.6 Å². The first-order chi connectivity index (χ1) is 9.91. The Morgan fingerprint density at radius 1 is 1.48 bits per heavy atom. The van der Waals surface area contributed by atoms with Gasteiger partial charge in [-0.05, 0) is 12.1 Å². The Morgan fingerprint density at radius 3 is 2.81 bits per heavy atom. The number of amides is 2. The summed E-state index contributed by atoms with van der Waals surface area (Å²) in [6.07, 6.45) is -0.552. The van der Waals surface area contributed by atoms with E-state index in [1.165, 1.54) is 12.1 Å². The van der Waals surface area contributed by atoms with Crippen molar-refractivity contribution in [2.45, 2.75) is 12.5 Å². The van der Waals surface area contributed by atoms with Crippen molar-refractivity contribution in [2.75, 3.05) is 13.1 Å². The fraction of sp³-hybridized carbons (Fsp3) is 0.308. The average Bonchev–Trinajstić information content (AvgIpc) is 2.40. The standard InChI is InChI=1S/C13H12ClFN2O4/c14-7-2-1-3-8(15)11(7)13(21)17-5-4-16-12(20)9(17)6-10(18)19/h1-3,9H,4-6H2,(H,16,20)(H,18,19). The van der Waals surface area contributed by atoms with E-state index >= 15 is 0 Å². The summed E-state index contributed by atoms with van der Waals surface area (Å²) >= 11 is 5.83. The molecule has 2 amide bonds. The largest absolute Gasteiger partial charge is 0.481 e. The maximum Gasteiger partial charge on any atom is 0.305 e. The van der Waals surface area contributed by atoms with Gasteiger partial charge in [0.25, 0.3) is 5.91 Å². The van der Waals surface area contributed by atoms with Gasteiger partial charge in [-0.15, -0.1) is 0 Å². The summed E-state index contributed by atoms with van der Waals surface area (Å²) in [5.74, 6) is -3.41. The number of hydrogen-bond donors (Lipinski definition) is 2. The fourth-order valence-corrected chi connectivity index (χ4v) is 2.42. The minimum atomic E-state index is -1.23. The zero-order chi connectivity index (χ0) is 15.6. The highest BCUT2D eigenvalue weighted by Gasteiger charge is 2.36. The van der Waals surface area contributed by atoms with Crippen LogP contribution >= 0.6 is 11.6 Å². The van der Waals surface area contributed by atoms with Crippen LogP contribution in [-0.2, 0) is 9.59 Å². The summed E-state index contributed by atoms with van der Waals surface area (Å²) in [5.41, 5.74) is -0.357. The normalized spacial score (nSPS) is 18.3. The molecule has 0 saturated carbocycles. The Kier molecular flexibility index (Phi) is 4.42. The van der Waals surface area contributed by atoms with E-state index in [-0.39, 0.29) is 23.7 Å². The van der Waals surface area contributed by atoms with Crippen molar-refractivity contribution in [1.29, 1.82) is 0 Å². The van der Waals surface area contributed by atoms with Crippen LogP contribution in [-0.4, -0.2) is 46.9 Å². The van der Waals surface area contributed by atoms with E-state index in [9.17, 15) is 18.8 Å². The topological polar surface area (TPSA) is 86.7 Å². The van der Waals surface area contributed by atoms with E-state index < -0.39 is 36.1 Å². The lowest BCUT2D eigenvalue weighted by Gasteiger charge is -2.34. The van der Waals surface area contributed by atoms with E-state index in [4.69, 9.17) is 16.7 Å². The first-order valence-electron chi connectivity index (χ1n) is 6.16. The predicted octanol–water partition coefficient (Wildman–Crippen LogP) is 0.894. The van der Waals surface area contributed by atoms with Gasteiger partial charge < -0.3 is 15.3 Å². The monoisotopic (exact) mass is 314 g/mol. The molecular formula is C13H12ClFN2O4. The summed E-state index contributed by atoms with van der Waals surface area (Å²) in [6, 6.07) is 2.61. The van der Waals surface area contributed by atoms with Crippen LogP contribution in [0.5, 0.6) is 0 Å². The number of nitrogens with one attached hydrogen (secondary N) is 1. The van der Waals surface area contributed by atoms with Gasteiger partial charge in [0, 0.05) is 13.1 Å². The number of carboxylic acid groups (broad SMARTS) is 1. The van der Waals surface area contributed by atoms with Crippen LogP contribution in [0, 0.1) is 5.82 Å². The molecular weight excluding hydrogens is 303 g/mol. The molecule has 21 heavy (non-hydrogen) atoms. The second kappa shape index (κ2) is 6.09. The van der Waals surface area contributed by atoms with E-state index in [1.807, 2.05) is 0 Å². The summed E-state index contributed by atoms with van der Waals surface area (Å²) < 4.78 is 13.8. The number of carbonyl (C=O) groups excluding carboxylic acids is 2. The molecule has 6 nitrogen and oxygen atoms in total. The number of carboxylic acids is 1. The van der Waals surface area contributed by atoms with E-state index in [0.29, 0.717) is 0 Å². The summed E-state index contributed by atoms with van der Waals surface area (Å²) in [5, 5.41) is 11.2. The highest BCUT2D eigenvalue weighted by atomic mass is 35.5. The molecule has 1 aliphatic heterocycles. The molecule has 0 radical (unpaired) electrons. The van der Waals surface area contributed by atoms with Crippen molar-refractivity contribution in [1.82, 2.24) is 10.2 Å². The van der Waals surface area contributed by atoms with E-state index in [1.54, 1.807) is 0 Å². The molecule has 1 fully saturated rings. The first-order valence-corrected chi connectivity index (χ1v) is 6.54. The summed E-state index contributed by atoms with van der Waals surface area (Å²) in [7, 11) is 0. The molecule has 1 heterocycles. The van der Waals surface area contributed by atoms with Crippen LogP contribution in [0.25, 0.3) is 0 Å². The number of aliphatic carboxylic acids is 1. The van der Waals surface area contributed by atoms with Crippen molar-refractivity contribution in [3.8, 4) is 0 Å². The quantitative estimate of drug-likeness (QED) is 0.867. The second-order valence-corrected chi connectivity index (χ2v) is 4.91. The Morgan fingerprint density at radius 2 is 2.19 bits per heavy atom. The number of nitrogens with zero attached hydrogens (tertiary/aromatic N) is 1. The van der Waals surface area contributed by atoms with Crippen LogP contribution < -0.4 is 5.32 Å². The van der Waals surface area contributed by atoms with Crippen LogP contribution in [0.1, 0.15) is 16.8 Å². The van der Waals surface area contributed by atoms with Crippen molar-refractivity contribution >= 4 is 29.4 Å². The van der Waals surface area contributed by atoms with Crippen molar-refractivity contribution < 1.29 is 23.9 Å². The first kappa shape index (κ1) is 15.2. The molecule has 1 saturated heterocycles. The lowest BCUT2D eigenvalue weighted by Crippen LogP contribution is -2.57. The van der Waals surface area contributed by atoms with E-state index in [2.05, 4.69) is 5.32 Å². The lowest BCUT2D eigenvalue weighted by molar-refractivity contribution is -0.142. The molecule has 0 bridgehead atoms. The Hall–Kier alpha value is -2.15. The fourth-order valence-electron chi connectivity index (χ4n) is 2.17. The van der Waals surface area contributed by atoms with Gasteiger partial charge in [-0.1, -0.05) is 17.7 Å². The third kappa shape index (κ3) is 3.13. The Bertz CT molecular complexity index is 588. The molecule has 0 aromatic heterocycles. The Balaban J connectivity index is 2.35. The van der Waals surface area contributed by atoms with Gasteiger partial charge >= 0.3 is 5.97 Å². The van der Waals surface area contributed by atoms with Crippen molar-refractivity contribution in [3.63, 3.8) is 0 Å². The highest BCUT2D eigenvalue weighted by molar-refractivity contribution is 6.33. The zero-order valence-corrected chi connectivity index (χ0v) is 11.6. The van der Waals surface area contributed by atoms with Crippen LogP contribution in [0.3, 0.4) is 0 Å². The maximum atomic E-state index is 13.8. The van der Waals surface area contributed by atoms with E-state index in [0.717, 1.165) is 11.0 Å². The number of carbonyl (C=O) groups is 3. The number of rotatable bonds is 3. The minimum Gasteiger partial charge on any atom is -0.481 e. The molecule has 112 valence electrons. The Labute approximate surface area is 124 Å². The minimum absolute atomic E-state index is 0.0833. The van der Waals surface area contributed by atoms with Gasteiger partial charge in [-0.2, -0.15) is 0 Å². The van der Waals surface area contributed by atoms with Gasteiger partial charge in [0.1, 0.15) is 11.9 Å². The summed E-state index contributed by atoms with van der Waals surface area (Å²) in [6.45, 7) is 0.264.